The fraction of sp³-hybridized carbons (Fsp3) is 1.00. The molecule has 4 heavy (non-hydrogen) atoms. The van der Waals surface area contributed by atoms with E-state index in [1.807, 2.05) is 0 Å². The summed E-state index contributed by atoms with van der Waals surface area (Å²) in [6, 6.07) is 0. The van der Waals surface area contributed by atoms with Crippen molar-refractivity contribution in [3.8, 4) is 0 Å². The van der Waals surface area contributed by atoms with Gasteiger partial charge in [0.05, 0.1) is 0 Å². The van der Waals surface area contributed by atoms with Gasteiger partial charge in [-0.1, -0.05) is 0 Å². The summed E-state index contributed by atoms with van der Waals surface area (Å²) in [7, 11) is 1.00. The summed E-state index contributed by atoms with van der Waals surface area (Å²) < 4.78 is 0. The van der Waals surface area contributed by atoms with Crippen LogP contribution in [0, 0.1) is 0 Å². The minimum absolute atomic E-state index is 0. The molecule has 1 nitrogen and oxygen atoms in total. The van der Waals surface area contributed by atoms with Crippen LogP contribution in [-0.2, 0) is 0 Å². The molecule has 0 aliphatic heterocycles. The van der Waals surface area contributed by atoms with Gasteiger partial charge < -0.3 is 6.53 Å². The van der Waals surface area contributed by atoms with Crippen molar-refractivity contribution < 1.29 is 36.1 Å². The number of aliphatic hydroxyl groups is 1. The van der Waals surface area contributed by atoms with E-state index in [-0.39, 0.29) is 44.5 Å². The molecule has 0 unspecified atom stereocenters. The molecule has 24 valence electrons. The van der Waals surface area contributed by atoms with E-state index in [1.54, 1.807) is 0 Å². The third kappa shape index (κ3) is 10.3. The maximum atomic E-state index is 7.00. The first-order chi connectivity index (χ1) is 1.00. The van der Waals surface area contributed by atoms with Gasteiger partial charge in [-0.25, -0.2) is 0 Å². The first-order valence-corrected chi connectivity index (χ1v) is 0.447. The molecule has 0 rings (SSSR count). The first-order valence-electron chi connectivity index (χ1n) is 0.447. The van der Waals surface area contributed by atoms with Crippen molar-refractivity contribution in [2.24, 2.45) is 0 Å². The molecule has 0 aromatic carbocycles. The van der Waals surface area contributed by atoms with Gasteiger partial charge in [0.25, 0.3) is 0 Å². The second-order valence-corrected chi connectivity index (χ2v) is 0. The Morgan fingerprint density at radius 2 is 1.50 bits per heavy atom. The van der Waals surface area contributed by atoms with Crippen molar-refractivity contribution in [2.45, 2.75) is 0 Å². The molecule has 0 aliphatic rings. The van der Waals surface area contributed by atoms with Crippen molar-refractivity contribution in [1.82, 2.24) is 0 Å². The zero-order chi connectivity index (χ0) is 2.00. The predicted octanol–water partition coefficient (Wildman–Crippen LogP) is -3.16. The van der Waals surface area contributed by atoms with E-state index in [0.29, 0.717) is 0 Å². The average Bonchev–Trinajstić information content (AvgIpc) is 1.00. The molecular weight excluding hydrogens is 83.1 g/mol. The van der Waals surface area contributed by atoms with E-state index in [2.05, 4.69) is 0 Å². The van der Waals surface area contributed by atoms with Gasteiger partial charge in [0, 0.05) is 7.11 Å². The number of hydrogen-bond donors (Lipinski definition) is 1. The molecule has 1 N–H and O–H groups in total. The minimum Gasteiger partial charge on any atom is -1.00 e. The molecule has 0 aliphatic carbocycles. The van der Waals surface area contributed by atoms with E-state index in [1.165, 1.54) is 0 Å². The van der Waals surface area contributed by atoms with Crippen LogP contribution >= 0.6 is 13.5 Å². The Labute approximate surface area is 56.6 Å². The quantitative estimate of drug-likeness (QED) is 0.311. The van der Waals surface area contributed by atoms with Crippen LogP contribution < -0.4 is 29.6 Å². The molecule has 0 saturated heterocycles. The number of rotatable bonds is 0. The zero-order valence-electron chi connectivity index (χ0n) is 3.95. The Morgan fingerprint density at radius 3 is 1.50 bits per heavy atom. The fourth-order valence-electron chi connectivity index (χ4n) is 0. The van der Waals surface area contributed by atoms with Crippen LogP contribution in [0.5, 0.6) is 0 Å². The Kier molecular flexibility index (Phi) is 127. The van der Waals surface area contributed by atoms with Gasteiger partial charge in [0.2, 0.25) is 0 Å². The van der Waals surface area contributed by atoms with Gasteiger partial charge in [-0.3, -0.25) is 0 Å². The summed E-state index contributed by atoms with van der Waals surface area (Å²) in [4.78, 5) is 0. The van der Waals surface area contributed by atoms with Crippen LogP contribution in [0.15, 0.2) is 0 Å². The summed E-state index contributed by atoms with van der Waals surface area (Å²) in [5.41, 5.74) is 0. The summed E-state index contributed by atoms with van der Waals surface area (Å²) >= 11 is 0. The second kappa shape index (κ2) is 27.5. The molecule has 0 spiro atoms. The predicted molar refractivity (Wildman–Crippen MR) is 19.6 cm³/mol. The molecule has 0 radical (unpaired) electrons. The summed E-state index contributed by atoms with van der Waals surface area (Å²) in [6.45, 7) is 0. The topological polar surface area (TPSA) is 20.2 Å². The minimum atomic E-state index is 0. The molecule has 0 aromatic heterocycles. The molecular formula is CH7NaOS. The van der Waals surface area contributed by atoms with E-state index < -0.39 is 0 Å². The molecule has 0 saturated carbocycles. The average molecular weight is 90.1 g/mol. The maximum Gasteiger partial charge on any atom is 1.00 e. The van der Waals surface area contributed by atoms with Crippen LogP contribution in [0.4, 0.5) is 0 Å². The van der Waals surface area contributed by atoms with Crippen molar-refractivity contribution in [2.75, 3.05) is 7.11 Å². The Balaban J connectivity index is -0.00000000167. The fourth-order valence-corrected chi connectivity index (χ4v) is 0. The molecule has 0 fully saturated rings. The molecule has 0 heterocycles. The SMILES string of the molecule is CO.S.[H-].[Na+]. The zero-order valence-corrected chi connectivity index (χ0v) is 5.95. The molecule has 0 atom stereocenters. The van der Waals surface area contributed by atoms with E-state index in [0.717, 1.165) is 7.11 Å². The summed E-state index contributed by atoms with van der Waals surface area (Å²) in [6.07, 6.45) is 0. The van der Waals surface area contributed by atoms with E-state index in [4.69, 9.17) is 5.11 Å². The van der Waals surface area contributed by atoms with Crippen LogP contribution in [-0.4, -0.2) is 12.2 Å². The van der Waals surface area contributed by atoms with Gasteiger partial charge in [0.15, 0.2) is 0 Å². The van der Waals surface area contributed by atoms with Gasteiger partial charge in [0.1, 0.15) is 0 Å². The van der Waals surface area contributed by atoms with Crippen LogP contribution in [0.2, 0.25) is 0 Å². The van der Waals surface area contributed by atoms with Gasteiger partial charge in [-0.05, 0) is 0 Å². The Hall–Kier alpha value is 1.31. The normalized spacial score (nSPS) is 1.50. The maximum absolute atomic E-state index is 7.00. The number of hydrogen-bond acceptors (Lipinski definition) is 1. The molecule has 0 aromatic rings. The smallest absolute Gasteiger partial charge is 1.00 e. The summed E-state index contributed by atoms with van der Waals surface area (Å²) in [5, 5.41) is 7.00. The Bertz CT molecular complexity index is 11.6. The standard InChI is InChI=1S/CH4O.Na.H2S.H/c1-2;;;/h2H,1H3;;1H2;/q;+1;;-1. The second-order valence-electron chi connectivity index (χ2n) is 0. The van der Waals surface area contributed by atoms with Gasteiger partial charge >= 0.3 is 29.6 Å². The van der Waals surface area contributed by atoms with E-state index in [9.17, 15) is 0 Å². The molecule has 0 amide bonds. The van der Waals surface area contributed by atoms with Crippen molar-refractivity contribution in [1.29, 1.82) is 0 Å². The third-order valence-electron chi connectivity index (χ3n) is 0. The monoisotopic (exact) mass is 90.0 g/mol. The van der Waals surface area contributed by atoms with Gasteiger partial charge in [-0.15, -0.1) is 0 Å². The van der Waals surface area contributed by atoms with Crippen molar-refractivity contribution in [3.63, 3.8) is 0 Å². The summed E-state index contributed by atoms with van der Waals surface area (Å²) in [5.74, 6) is 0. The molecule has 3 heteroatoms. The van der Waals surface area contributed by atoms with Crippen molar-refractivity contribution in [3.05, 3.63) is 0 Å². The third-order valence-corrected chi connectivity index (χ3v) is 0. The Morgan fingerprint density at radius 1 is 1.50 bits per heavy atom. The van der Waals surface area contributed by atoms with Crippen molar-refractivity contribution >= 4 is 13.5 Å². The van der Waals surface area contributed by atoms with Crippen LogP contribution in [0.3, 0.4) is 0 Å². The molecule has 0 bridgehead atoms. The van der Waals surface area contributed by atoms with E-state index >= 15 is 0 Å². The number of aliphatic hydroxyl groups excluding tert-OH is 1. The van der Waals surface area contributed by atoms with Gasteiger partial charge in [-0.2, -0.15) is 13.5 Å². The largest absolute Gasteiger partial charge is 1.00 e. The first kappa shape index (κ1) is 18.5. The van der Waals surface area contributed by atoms with Crippen LogP contribution in [0.25, 0.3) is 0 Å². The van der Waals surface area contributed by atoms with Crippen LogP contribution in [0.1, 0.15) is 1.43 Å².